The lowest BCUT2D eigenvalue weighted by Gasteiger charge is -2.12. The van der Waals surface area contributed by atoms with Crippen molar-refractivity contribution >= 4 is 22.8 Å². The molecule has 0 spiro atoms. The third kappa shape index (κ3) is 4.53. The Morgan fingerprint density at radius 2 is 1.86 bits per heavy atom. The minimum Gasteiger partial charge on any atom is -0.507 e. The van der Waals surface area contributed by atoms with Gasteiger partial charge in [-0.15, -0.1) is 0 Å². The molecule has 9 heteroatoms. The number of ether oxygens (including phenoxy) is 1. The fourth-order valence-corrected chi connectivity index (χ4v) is 2.64. The van der Waals surface area contributed by atoms with E-state index < -0.39 is 36.6 Å². The zero-order valence-electron chi connectivity index (χ0n) is 15.0. The van der Waals surface area contributed by atoms with Crippen LogP contribution in [-0.2, 0) is 9.59 Å². The van der Waals surface area contributed by atoms with Crippen LogP contribution < -0.4 is 15.5 Å². The molecule has 0 aliphatic rings. The Hall–Kier alpha value is -3.85. The molecule has 3 rings (SSSR count). The first-order valence-electron chi connectivity index (χ1n) is 8.51. The maximum absolute atomic E-state index is 12.4. The highest BCUT2D eigenvalue weighted by Crippen LogP contribution is 2.31. The maximum atomic E-state index is 12.4. The fourth-order valence-electron chi connectivity index (χ4n) is 2.64. The van der Waals surface area contributed by atoms with E-state index in [1.54, 1.807) is 24.3 Å². The van der Waals surface area contributed by atoms with Gasteiger partial charge >= 0.3 is 5.97 Å². The zero-order chi connectivity index (χ0) is 21.0. The number of nitrogens with one attached hydrogen (secondary N) is 1. The molecule has 9 nitrogen and oxygen atoms in total. The van der Waals surface area contributed by atoms with Gasteiger partial charge in [0, 0.05) is 23.8 Å². The summed E-state index contributed by atoms with van der Waals surface area (Å²) in [6.07, 6.45) is 0. The molecule has 0 fully saturated rings. The topological polar surface area (TPSA) is 146 Å². The van der Waals surface area contributed by atoms with Crippen molar-refractivity contribution in [1.82, 2.24) is 5.32 Å². The highest BCUT2D eigenvalue weighted by Gasteiger charge is 2.19. The Balaban J connectivity index is 1.85. The van der Waals surface area contributed by atoms with Gasteiger partial charge in [-0.1, -0.05) is 30.3 Å². The molecular formula is C20H17NO8. The standard InChI is InChI=1S/C20H17NO8/c22-9-13(20(26)27)21-18(25)10-28-12-6-14(23)19-15(24)8-16(29-17(19)7-12)11-4-2-1-3-5-11/h1-8,13,22-23H,9-10H2,(H,21,25)(H,26,27)/t13-/m0/s1. The quantitative estimate of drug-likeness (QED) is 0.462. The number of carboxylic acids is 1. The van der Waals surface area contributed by atoms with Gasteiger partial charge in [0.2, 0.25) is 0 Å². The second-order valence-electron chi connectivity index (χ2n) is 6.09. The molecule has 1 aromatic heterocycles. The van der Waals surface area contributed by atoms with E-state index >= 15 is 0 Å². The summed E-state index contributed by atoms with van der Waals surface area (Å²) >= 11 is 0. The van der Waals surface area contributed by atoms with Crippen molar-refractivity contribution in [2.45, 2.75) is 6.04 Å². The smallest absolute Gasteiger partial charge is 0.328 e. The van der Waals surface area contributed by atoms with Crippen LogP contribution in [0.3, 0.4) is 0 Å². The highest BCUT2D eigenvalue weighted by atomic mass is 16.5. The molecule has 0 aliphatic heterocycles. The van der Waals surface area contributed by atoms with E-state index in [1.165, 1.54) is 12.1 Å². The molecular weight excluding hydrogens is 382 g/mol. The molecule has 150 valence electrons. The molecule has 29 heavy (non-hydrogen) atoms. The number of fused-ring (bicyclic) bond motifs is 1. The third-order valence-corrected chi connectivity index (χ3v) is 4.03. The summed E-state index contributed by atoms with van der Waals surface area (Å²) < 4.78 is 11.0. The van der Waals surface area contributed by atoms with Crippen molar-refractivity contribution < 1.29 is 34.1 Å². The number of amides is 1. The Kier molecular flexibility index (Phi) is 5.79. The molecule has 3 aromatic rings. The first kappa shape index (κ1) is 19.9. The lowest BCUT2D eigenvalue weighted by molar-refractivity contribution is -0.143. The largest absolute Gasteiger partial charge is 0.507 e. The van der Waals surface area contributed by atoms with Crippen LogP contribution in [0.1, 0.15) is 0 Å². The molecule has 0 bridgehead atoms. The lowest BCUT2D eigenvalue weighted by atomic mass is 10.1. The number of aliphatic hydroxyl groups is 1. The number of carbonyl (C=O) groups is 2. The normalized spacial score (nSPS) is 11.8. The van der Waals surface area contributed by atoms with Gasteiger partial charge in [-0.25, -0.2) is 4.79 Å². The van der Waals surface area contributed by atoms with Crippen molar-refractivity contribution in [3.63, 3.8) is 0 Å². The van der Waals surface area contributed by atoms with Crippen LogP contribution in [0.4, 0.5) is 0 Å². The van der Waals surface area contributed by atoms with Gasteiger partial charge in [-0.05, 0) is 0 Å². The first-order chi connectivity index (χ1) is 13.9. The molecule has 0 unspecified atom stereocenters. The highest BCUT2D eigenvalue weighted by molar-refractivity contribution is 5.87. The van der Waals surface area contributed by atoms with Crippen LogP contribution in [0, 0.1) is 0 Å². The summed E-state index contributed by atoms with van der Waals surface area (Å²) in [6, 6.07) is 11.2. The van der Waals surface area contributed by atoms with Crippen molar-refractivity contribution in [2.24, 2.45) is 0 Å². The average Bonchev–Trinajstić information content (AvgIpc) is 2.70. The first-order valence-corrected chi connectivity index (χ1v) is 8.51. The van der Waals surface area contributed by atoms with Crippen LogP contribution in [0.2, 0.25) is 0 Å². The van der Waals surface area contributed by atoms with Gasteiger partial charge in [0.05, 0.1) is 6.61 Å². The van der Waals surface area contributed by atoms with E-state index in [0.29, 0.717) is 11.3 Å². The Labute approximate surface area is 163 Å². The van der Waals surface area contributed by atoms with Crippen LogP contribution >= 0.6 is 0 Å². The van der Waals surface area contributed by atoms with Gasteiger partial charge in [0.1, 0.15) is 34.3 Å². The summed E-state index contributed by atoms with van der Waals surface area (Å²) in [6.45, 7) is -1.34. The minimum atomic E-state index is -1.46. The van der Waals surface area contributed by atoms with Crippen molar-refractivity contribution in [3.8, 4) is 22.8 Å². The molecule has 2 aromatic carbocycles. The molecule has 4 N–H and O–H groups in total. The van der Waals surface area contributed by atoms with Crippen LogP contribution in [0.25, 0.3) is 22.3 Å². The summed E-state index contributed by atoms with van der Waals surface area (Å²) in [7, 11) is 0. The number of phenolic OH excluding ortho intramolecular Hbond substituents is 1. The van der Waals surface area contributed by atoms with Crippen LogP contribution in [0.5, 0.6) is 11.5 Å². The fraction of sp³-hybridized carbons (Fsp3) is 0.150. The van der Waals surface area contributed by atoms with Crippen molar-refractivity contribution in [3.05, 3.63) is 58.8 Å². The zero-order valence-corrected chi connectivity index (χ0v) is 15.0. The van der Waals surface area contributed by atoms with E-state index in [1.807, 2.05) is 6.07 Å². The SMILES string of the molecule is O=C(COc1cc(O)c2c(=O)cc(-c3ccccc3)oc2c1)N[C@@H](CO)C(=O)O. The summed E-state index contributed by atoms with van der Waals surface area (Å²) in [5, 5.41) is 29.9. The van der Waals surface area contributed by atoms with Crippen molar-refractivity contribution in [1.29, 1.82) is 0 Å². The molecule has 1 heterocycles. The van der Waals surface area contributed by atoms with Crippen LogP contribution in [-0.4, -0.2) is 46.5 Å². The van der Waals surface area contributed by atoms with E-state index in [2.05, 4.69) is 5.32 Å². The lowest BCUT2D eigenvalue weighted by Crippen LogP contribution is -2.45. The molecule has 0 saturated carbocycles. The number of carboxylic acid groups (broad SMARTS) is 1. The van der Waals surface area contributed by atoms with Gasteiger partial charge in [0.25, 0.3) is 5.91 Å². The third-order valence-electron chi connectivity index (χ3n) is 4.03. The predicted molar refractivity (Wildman–Crippen MR) is 102 cm³/mol. The summed E-state index contributed by atoms with van der Waals surface area (Å²) in [5.74, 6) is -2.23. The number of benzene rings is 2. The number of hydrogen-bond acceptors (Lipinski definition) is 7. The second-order valence-corrected chi connectivity index (χ2v) is 6.09. The molecule has 1 atom stereocenters. The summed E-state index contributed by atoms with van der Waals surface area (Å²) in [4.78, 5) is 35.0. The maximum Gasteiger partial charge on any atom is 0.328 e. The minimum absolute atomic E-state index is 0.0345. The van der Waals surface area contributed by atoms with Gasteiger partial charge in [-0.3, -0.25) is 9.59 Å². The predicted octanol–water partition coefficient (Wildman–Crippen LogP) is 1.11. The number of aliphatic carboxylic acids is 1. The van der Waals surface area contributed by atoms with Gasteiger partial charge < -0.3 is 29.8 Å². The molecule has 0 saturated heterocycles. The number of phenols is 1. The van der Waals surface area contributed by atoms with E-state index in [4.69, 9.17) is 19.4 Å². The Bertz CT molecular complexity index is 1110. The Morgan fingerprint density at radius 1 is 1.14 bits per heavy atom. The molecule has 0 aliphatic carbocycles. The number of carbonyl (C=O) groups excluding carboxylic acids is 1. The van der Waals surface area contributed by atoms with E-state index in [9.17, 15) is 19.5 Å². The summed E-state index contributed by atoms with van der Waals surface area (Å²) in [5.41, 5.74) is 0.282. The van der Waals surface area contributed by atoms with E-state index in [0.717, 1.165) is 6.07 Å². The number of rotatable bonds is 7. The molecule has 1 amide bonds. The number of aliphatic hydroxyl groups excluding tert-OH is 1. The number of aromatic hydroxyl groups is 1. The van der Waals surface area contributed by atoms with Crippen molar-refractivity contribution in [2.75, 3.05) is 13.2 Å². The Morgan fingerprint density at radius 3 is 2.52 bits per heavy atom. The number of hydrogen-bond donors (Lipinski definition) is 4. The van der Waals surface area contributed by atoms with E-state index in [-0.39, 0.29) is 22.5 Å². The van der Waals surface area contributed by atoms with Crippen LogP contribution in [0.15, 0.2) is 57.7 Å². The van der Waals surface area contributed by atoms with Gasteiger partial charge in [-0.2, -0.15) is 0 Å². The average molecular weight is 399 g/mol. The van der Waals surface area contributed by atoms with Gasteiger partial charge in [0.15, 0.2) is 12.0 Å². The monoisotopic (exact) mass is 399 g/mol. The second kappa shape index (κ2) is 8.44. The molecule has 0 radical (unpaired) electrons.